The summed E-state index contributed by atoms with van der Waals surface area (Å²) in [7, 11) is 4.18. The molecule has 0 unspecified atom stereocenters. The van der Waals surface area contributed by atoms with Gasteiger partial charge in [-0.05, 0) is 62.7 Å². The van der Waals surface area contributed by atoms with Crippen LogP contribution in [0.1, 0.15) is 22.0 Å². The van der Waals surface area contributed by atoms with E-state index in [1.165, 1.54) is 16.0 Å². The van der Waals surface area contributed by atoms with Crippen LogP contribution in [0.4, 0.5) is 5.69 Å². The number of anilines is 1. The molecule has 0 bridgehead atoms. The van der Waals surface area contributed by atoms with E-state index in [9.17, 15) is 0 Å². The first-order valence-corrected chi connectivity index (χ1v) is 8.58. The summed E-state index contributed by atoms with van der Waals surface area (Å²) < 4.78 is 0. The Morgan fingerprint density at radius 1 is 1.18 bits per heavy atom. The fourth-order valence-corrected chi connectivity index (χ4v) is 3.49. The van der Waals surface area contributed by atoms with Gasteiger partial charge < -0.3 is 15.5 Å². The summed E-state index contributed by atoms with van der Waals surface area (Å²) in [6, 6.07) is 10.8. The fraction of sp³-hybridized carbons (Fsp3) is 0.353. The van der Waals surface area contributed by atoms with Crippen LogP contribution < -0.4 is 10.6 Å². The molecule has 0 fully saturated rings. The van der Waals surface area contributed by atoms with Crippen molar-refractivity contribution in [2.45, 2.75) is 19.9 Å². The van der Waals surface area contributed by atoms with Crippen LogP contribution in [0.15, 0.2) is 35.7 Å². The van der Waals surface area contributed by atoms with Crippen molar-refractivity contribution >= 4 is 34.4 Å². The molecule has 2 rings (SSSR count). The summed E-state index contributed by atoms with van der Waals surface area (Å²) >= 11 is 7.23. The summed E-state index contributed by atoms with van der Waals surface area (Å²) in [4.78, 5) is 3.55. The molecule has 2 aromatic rings. The third-order valence-corrected chi connectivity index (χ3v) is 4.89. The van der Waals surface area contributed by atoms with Gasteiger partial charge >= 0.3 is 0 Å². The molecule has 0 saturated heterocycles. The number of rotatable bonds is 5. The van der Waals surface area contributed by atoms with Crippen LogP contribution in [-0.4, -0.2) is 30.7 Å². The van der Waals surface area contributed by atoms with Crippen molar-refractivity contribution in [1.82, 2.24) is 10.2 Å². The third-order valence-electron chi connectivity index (χ3n) is 3.67. The van der Waals surface area contributed by atoms with E-state index in [1.807, 2.05) is 0 Å². The quantitative estimate of drug-likeness (QED) is 0.810. The van der Waals surface area contributed by atoms with E-state index in [1.54, 1.807) is 11.3 Å². The van der Waals surface area contributed by atoms with Gasteiger partial charge in [0.15, 0.2) is 5.11 Å². The topological polar surface area (TPSA) is 27.3 Å². The summed E-state index contributed by atoms with van der Waals surface area (Å²) in [5, 5.41) is 9.44. The molecule has 118 valence electrons. The van der Waals surface area contributed by atoms with E-state index in [4.69, 9.17) is 12.2 Å². The van der Waals surface area contributed by atoms with Gasteiger partial charge in [0.1, 0.15) is 0 Å². The average Bonchev–Trinajstić information content (AvgIpc) is 2.97. The molecule has 1 heterocycles. The zero-order valence-electron chi connectivity index (χ0n) is 13.5. The number of hydrogen-bond donors (Lipinski definition) is 2. The molecule has 1 atom stereocenters. The molecular weight excluding hydrogens is 310 g/mol. The maximum atomic E-state index is 5.45. The molecule has 22 heavy (non-hydrogen) atoms. The van der Waals surface area contributed by atoms with Crippen LogP contribution in [0.3, 0.4) is 0 Å². The van der Waals surface area contributed by atoms with Crippen LogP contribution >= 0.6 is 23.6 Å². The van der Waals surface area contributed by atoms with Gasteiger partial charge in [0.05, 0.1) is 6.04 Å². The summed E-state index contributed by atoms with van der Waals surface area (Å²) in [5.41, 5.74) is 3.50. The average molecular weight is 334 g/mol. The van der Waals surface area contributed by atoms with Crippen LogP contribution in [-0.2, 0) is 0 Å². The van der Waals surface area contributed by atoms with E-state index in [-0.39, 0.29) is 0 Å². The fourth-order valence-electron chi connectivity index (χ4n) is 2.38. The number of aryl methyl sites for hydroxylation is 2. The standard InChI is InChI=1S/C17H23N3S2/c1-12-7-5-8-13(2)16(12)19-17(21)18-11-14(20(3)4)15-9-6-10-22-15/h5-10,14H,11H2,1-4H3,(H2,18,19,21)/t14-/m1/s1. The van der Waals surface area contributed by atoms with E-state index in [2.05, 4.69) is 79.2 Å². The van der Waals surface area contributed by atoms with E-state index >= 15 is 0 Å². The summed E-state index contributed by atoms with van der Waals surface area (Å²) in [6.45, 7) is 4.96. The molecule has 1 aromatic heterocycles. The zero-order chi connectivity index (χ0) is 16.1. The molecule has 0 aliphatic heterocycles. The summed E-state index contributed by atoms with van der Waals surface area (Å²) in [6.07, 6.45) is 0. The predicted molar refractivity (Wildman–Crippen MR) is 101 cm³/mol. The van der Waals surface area contributed by atoms with Gasteiger partial charge in [0.2, 0.25) is 0 Å². The molecule has 3 nitrogen and oxygen atoms in total. The predicted octanol–water partition coefficient (Wildman–Crippen LogP) is 3.95. The second kappa shape index (κ2) is 7.72. The highest BCUT2D eigenvalue weighted by atomic mass is 32.1. The lowest BCUT2D eigenvalue weighted by Crippen LogP contribution is -2.36. The zero-order valence-corrected chi connectivity index (χ0v) is 15.1. The van der Waals surface area contributed by atoms with Gasteiger partial charge in [-0.15, -0.1) is 11.3 Å². The first kappa shape index (κ1) is 16.9. The number of thiocarbonyl (C=S) groups is 1. The molecule has 0 aliphatic carbocycles. The second-order valence-electron chi connectivity index (χ2n) is 5.60. The van der Waals surface area contributed by atoms with Gasteiger partial charge in [0.25, 0.3) is 0 Å². The first-order chi connectivity index (χ1) is 10.5. The highest BCUT2D eigenvalue weighted by Gasteiger charge is 2.15. The maximum absolute atomic E-state index is 5.45. The Hall–Kier alpha value is -1.43. The monoisotopic (exact) mass is 333 g/mol. The van der Waals surface area contributed by atoms with E-state index in [0.717, 1.165) is 12.2 Å². The molecule has 0 amide bonds. The first-order valence-electron chi connectivity index (χ1n) is 7.30. The molecule has 0 saturated carbocycles. The number of thiophene rings is 1. The summed E-state index contributed by atoms with van der Waals surface area (Å²) in [5.74, 6) is 0. The number of hydrogen-bond acceptors (Lipinski definition) is 3. The minimum atomic E-state index is 0.317. The van der Waals surface area contributed by atoms with Crippen molar-refractivity contribution in [1.29, 1.82) is 0 Å². The third kappa shape index (κ3) is 4.29. The highest BCUT2D eigenvalue weighted by molar-refractivity contribution is 7.80. The van der Waals surface area contributed by atoms with Gasteiger partial charge in [-0.1, -0.05) is 24.3 Å². The molecule has 0 spiro atoms. The lowest BCUT2D eigenvalue weighted by molar-refractivity contribution is 0.303. The van der Waals surface area contributed by atoms with Crippen molar-refractivity contribution in [2.24, 2.45) is 0 Å². The maximum Gasteiger partial charge on any atom is 0.170 e. The van der Waals surface area contributed by atoms with Crippen LogP contribution in [0.25, 0.3) is 0 Å². The number of benzene rings is 1. The number of para-hydroxylation sites is 1. The number of nitrogens with zero attached hydrogens (tertiary/aromatic N) is 1. The van der Waals surface area contributed by atoms with Gasteiger partial charge in [-0.25, -0.2) is 0 Å². The number of nitrogens with one attached hydrogen (secondary N) is 2. The van der Waals surface area contributed by atoms with E-state index in [0.29, 0.717) is 11.2 Å². The Morgan fingerprint density at radius 2 is 1.86 bits per heavy atom. The molecule has 2 N–H and O–H groups in total. The minimum Gasteiger partial charge on any atom is -0.360 e. The lowest BCUT2D eigenvalue weighted by Gasteiger charge is -2.24. The Balaban J connectivity index is 1.97. The van der Waals surface area contributed by atoms with Crippen molar-refractivity contribution < 1.29 is 0 Å². The Labute approximate surface area is 142 Å². The molecule has 5 heteroatoms. The van der Waals surface area contributed by atoms with Crippen molar-refractivity contribution in [2.75, 3.05) is 26.0 Å². The molecule has 0 radical (unpaired) electrons. The second-order valence-corrected chi connectivity index (χ2v) is 6.98. The highest BCUT2D eigenvalue weighted by Crippen LogP contribution is 2.23. The molecular formula is C17H23N3S2. The van der Waals surface area contributed by atoms with E-state index < -0.39 is 0 Å². The Morgan fingerprint density at radius 3 is 2.41 bits per heavy atom. The normalized spacial score (nSPS) is 12.2. The van der Waals surface area contributed by atoms with Crippen molar-refractivity contribution in [3.8, 4) is 0 Å². The van der Waals surface area contributed by atoms with Crippen LogP contribution in [0.5, 0.6) is 0 Å². The Bertz CT molecular complexity index is 601. The van der Waals surface area contributed by atoms with Crippen LogP contribution in [0.2, 0.25) is 0 Å². The number of likely N-dealkylation sites (N-methyl/N-ethyl adjacent to an activating group) is 1. The lowest BCUT2D eigenvalue weighted by atomic mass is 10.1. The SMILES string of the molecule is Cc1cccc(C)c1NC(=S)NC[C@H](c1cccs1)N(C)C. The van der Waals surface area contributed by atoms with Crippen LogP contribution in [0, 0.1) is 13.8 Å². The van der Waals surface area contributed by atoms with Gasteiger partial charge in [0, 0.05) is 17.1 Å². The Kier molecular flexibility index (Phi) is 5.94. The largest absolute Gasteiger partial charge is 0.360 e. The minimum absolute atomic E-state index is 0.317. The van der Waals surface area contributed by atoms with Crippen molar-refractivity contribution in [3.05, 3.63) is 51.7 Å². The van der Waals surface area contributed by atoms with Gasteiger partial charge in [-0.3, -0.25) is 0 Å². The smallest absolute Gasteiger partial charge is 0.170 e. The molecule has 1 aromatic carbocycles. The van der Waals surface area contributed by atoms with Crippen molar-refractivity contribution in [3.63, 3.8) is 0 Å². The van der Waals surface area contributed by atoms with Gasteiger partial charge in [-0.2, -0.15) is 0 Å². The molecule has 0 aliphatic rings.